The van der Waals surface area contributed by atoms with Crippen LogP contribution in [0.25, 0.3) is 0 Å². The highest BCUT2D eigenvalue weighted by Gasteiger charge is 1.98. The van der Waals surface area contributed by atoms with E-state index < -0.39 is 5.69 Å². The number of nitrogens with zero attached hydrogens (tertiary/aromatic N) is 1. The largest absolute Gasteiger partial charge is 0.385 e. The molecule has 66 valence electrons. The number of aromatic amines is 1. The van der Waals surface area contributed by atoms with Crippen molar-refractivity contribution < 1.29 is 0 Å². The van der Waals surface area contributed by atoms with Crippen LogP contribution in [0.3, 0.4) is 0 Å². The van der Waals surface area contributed by atoms with Gasteiger partial charge in [0.25, 0.3) is 0 Å². The average Bonchev–Trinajstić information content (AvgIpc) is 2.03. The van der Waals surface area contributed by atoms with E-state index in [4.69, 9.17) is 11.5 Å². The summed E-state index contributed by atoms with van der Waals surface area (Å²) in [5, 5.41) is 0. The highest BCUT2D eigenvalue weighted by atomic mass is 16.1. The molecule has 0 atom stereocenters. The zero-order valence-electron chi connectivity index (χ0n) is 6.71. The summed E-state index contributed by atoms with van der Waals surface area (Å²) in [4.78, 5) is 16.6. The van der Waals surface area contributed by atoms with Crippen molar-refractivity contribution in [2.24, 2.45) is 5.73 Å². The van der Waals surface area contributed by atoms with Crippen molar-refractivity contribution in [2.45, 2.75) is 12.8 Å². The molecular formula is C7H12N4O. The van der Waals surface area contributed by atoms with E-state index in [1.54, 1.807) is 0 Å². The van der Waals surface area contributed by atoms with Crippen molar-refractivity contribution in [2.75, 3.05) is 12.3 Å². The maximum absolute atomic E-state index is 10.6. The summed E-state index contributed by atoms with van der Waals surface area (Å²) in [5.74, 6) is 0.392. The lowest BCUT2D eigenvalue weighted by atomic mass is 10.2. The SMILES string of the molecule is NCCCc1cnc(=O)[nH]c1N. The minimum atomic E-state index is -0.413. The van der Waals surface area contributed by atoms with Crippen molar-refractivity contribution in [3.05, 3.63) is 22.2 Å². The average molecular weight is 168 g/mol. The van der Waals surface area contributed by atoms with Gasteiger partial charge in [-0.2, -0.15) is 0 Å². The fourth-order valence-corrected chi connectivity index (χ4v) is 0.926. The summed E-state index contributed by atoms with van der Waals surface area (Å²) in [6, 6.07) is 0. The number of rotatable bonds is 3. The van der Waals surface area contributed by atoms with Crippen molar-refractivity contribution in [3.63, 3.8) is 0 Å². The Kier molecular flexibility index (Phi) is 2.82. The van der Waals surface area contributed by atoms with Crippen molar-refractivity contribution in [1.82, 2.24) is 9.97 Å². The molecule has 1 heterocycles. The van der Waals surface area contributed by atoms with Gasteiger partial charge in [0.15, 0.2) is 0 Å². The lowest BCUT2D eigenvalue weighted by molar-refractivity contribution is 0.823. The van der Waals surface area contributed by atoms with E-state index in [-0.39, 0.29) is 0 Å². The second-order valence-corrected chi connectivity index (χ2v) is 2.52. The molecule has 1 rings (SSSR count). The normalized spacial score (nSPS) is 10.1. The van der Waals surface area contributed by atoms with E-state index in [1.807, 2.05) is 0 Å². The molecule has 1 aromatic heterocycles. The molecule has 0 spiro atoms. The number of H-pyrrole nitrogens is 1. The topological polar surface area (TPSA) is 97.8 Å². The van der Waals surface area contributed by atoms with E-state index in [2.05, 4.69) is 9.97 Å². The lowest BCUT2D eigenvalue weighted by Gasteiger charge is -2.01. The van der Waals surface area contributed by atoms with Gasteiger partial charge in [-0.1, -0.05) is 0 Å². The number of nitrogens with two attached hydrogens (primary N) is 2. The number of nitrogens with one attached hydrogen (secondary N) is 1. The van der Waals surface area contributed by atoms with Crippen molar-refractivity contribution in [3.8, 4) is 0 Å². The van der Waals surface area contributed by atoms with Gasteiger partial charge in [0.2, 0.25) is 0 Å². The van der Waals surface area contributed by atoms with Crippen LogP contribution < -0.4 is 17.2 Å². The number of hydrogen-bond donors (Lipinski definition) is 3. The maximum atomic E-state index is 10.6. The molecule has 1 aromatic rings. The first-order valence-electron chi connectivity index (χ1n) is 3.78. The predicted octanol–water partition coefficient (Wildman–Crippen LogP) is -0.757. The van der Waals surface area contributed by atoms with Crippen LogP contribution in [0.5, 0.6) is 0 Å². The second kappa shape index (κ2) is 3.87. The van der Waals surface area contributed by atoms with E-state index in [0.29, 0.717) is 12.4 Å². The number of aryl methyl sites for hydroxylation is 1. The Balaban J connectivity index is 2.79. The molecule has 0 aromatic carbocycles. The van der Waals surface area contributed by atoms with E-state index >= 15 is 0 Å². The van der Waals surface area contributed by atoms with Crippen molar-refractivity contribution >= 4 is 5.82 Å². The standard InChI is InChI=1S/C7H12N4O/c8-3-1-2-5-4-10-7(12)11-6(5)9/h4H,1-3,8H2,(H3,9,10,11,12). The lowest BCUT2D eigenvalue weighted by Crippen LogP contribution is -2.14. The zero-order chi connectivity index (χ0) is 8.97. The number of nitrogen functional groups attached to an aromatic ring is 1. The number of hydrogen-bond acceptors (Lipinski definition) is 4. The molecule has 5 nitrogen and oxygen atoms in total. The smallest absolute Gasteiger partial charge is 0.346 e. The van der Waals surface area contributed by atoms with Gasteiger partial charge in [0, 0.05) is 11.8 Å². The zero-order valence-corrected chi connectivity index (χ0v) is 6.71. The molecule has 0 unspecified atom stereocenters. The molecule has 0 saturated carbocycles. The number of anilines is 1. The van der Waals surface area contributed by atoms with Gasteiger partial charge in [0.05, 0.1) is 0 Å². The Bertz CT molecular complexity index is 307. The summed E-state index contributed by atoms with van der Waals surface area (Å²) >= 11 is 0. The molecule has 0 radical (unpaired) electrons. The van der Waals surface area contributed by atoms with Crippen LogP contribution in [-0.2, 0) is 6.42 Å². The fourth-order valence-electron chi connectivity index (χ4n) is 0.926. The predicted molar refractivity (Wildman–Crippen MR) is 46.6 cm³/mol. The Morgan fingerprint density at radius 3 is 2.92 bits per heavy atom. The molecule has 5 N–H and O–H groups in total. The monoisotopic (exact) mass is 168 g/mol. The Hall–Kier alpha value is -1.36. The summed E-state index contributed by atoms with van der Waals surface area (Å²) < 4.78 is 0. The second-order valence-electron chi connectivity index (χ2n) is 2.52. The van der Waals surface area contributed by atoms with E-state index in [9.17, 15) is 4.79 Å². The van der Waals surface area contributed by atoms with Crippen molar-refractivity contribution in [1.29, 1.82) is 0 Å². The van der Waals surface area contributed by atoms with Gasteiger partial charge in [-0.25, -0.2) is 9.78 Å². The Morgan fingerprint density at radius 2 is 2.33 bits per heavy atom. The molecule has 5 heteroatoms. The molecule has 12 heavy (non-hydrogen) atoms. The molecule has 0 aliphatic rings. The minimum Gasteiger partial charge on any atom is -0.385 e. The van der Waals surface area contributed by atoms with Crippen LogP contribution in [0.4, 0.5) is 5.82 Å². The molecular weight excluding hydrogens is 156 g/mol. The quantitative estimate of drug-likeness (QED) is 0.552. The molecule has 0 amide bonds. The van der Waals surface area contributed by atoms with Gasteiger partial charge >= 0.3 is 5.69 Å². The summed E-state index contributed by atoms with van der Waals surface area (Å²) in [5.41, 5.74) is 11.3. The highest BCUT2D eigenvalue weighted by molar-refractivity contribution is 5.36. The molecule has 0 bridgehead atoms. The Morgan fingerprint density at radius 1 is 1.58 bits per heavy atom. The fraction of sp³-hybridized carbons (Fsp3) is 0.429. The maximum Gasteiger partial charge on any atom is 0.346 e. The van der Waals surface area contributed by atoms with Gasteiger partial charge in [-0.3, -0.25) is 4.98 Å². The minimum absolute atomic E-state index is 0.392. The first-order chi connectivity index (χ1) is 5.74. The van der Waals surface area contributed by atoms with Gasteiger partial charge in [0.1, 0.15) is 5.82 Å². The van der Waals surface area contributed by atoms with Gasteiger partial charge in [-0.05, 0) is 19.4 Å². The number of aromatic nitrogens is 2. The van der Waals surface area contributed by atoms with Crippen LogP contribution in [0.15, 0.2) is 11.0 Å². The van der Waals surface area contributed by atoms with Crippen LogP contribution in [0.2, 0.25) is 0 Å². The first-order valence-corrected chi connectivity index (χ1v) is 3.78. The molecule has 0 aliphatic heterocycles. The molecule has 0 saturated heterocycles. The van der Waals surface area contributed by atoms with Crippen LogP contribution >= 0.6 is 0 Å². The van der Waals surface area contributed by atoms with E-state index in [1.165, 1.54) is 6.20 Å². The van der Waals surface area contributed by atoms with Gasteiger partial charge in [-0.15, -0.1) is 0 Å². The Labute approximate surface area is 69.8 Å². The summed E-state index contributed by atoms with van der Waals surface area (Å²) in [7, 11) is 0. The molecule has 0 aliphatic carbocycles. The molecule has 0 fully saturated rings. The van der Waals surface area contributed by atoms with Gasteiger partial charge < -0.3 is 11.5 Å². The summed E-state index contributed by atoms with van der Waals surface area (Å²) in [6.07, 6.45) is 3.09. The van der Waals surface area contributed by atoms with E-state index in [0.717, 1.165) is 18.4 Å². The van der Waals surface area contributed by atoms with Crippen LogP contribution in [0, 0.1) is 0 Å². The first kappa shape index (κ1) is 8.73. The third kappa shape index (κ3) is 2.06. The van der Waals surface area contributed by atoms with Crippen LogP contribution in [-0.4, -0.2) is 16.5 Å². The highest BCUT2D eigenvalue weighted by Crippen LogP contribution is 2.05. The third-order valence-electron chi connectivity index (χ3n) is 1.58. The van der Waals surface area contributed by atoms with Crippen LogP contribution in [0.1, 0.15) is 12.0 Å². The third-order valence-corrected chi connectivity index (χ3v) is 1.58. The summed E-state index contributed by atoms with van der Waals surface area (Å²) in [6.45, 7) is 0.610.